The Kier molecular flexibility index (Phi) is 5.58. The first-order valence-corrected chi connectivity index (χ1v) is 12.1. The molecule has 0 spiro atoms. The number of H-pyrrole nitrogens is 1. The van der Waals surface area contributed by atoms with Crippen molar-refractivity contribution in [3.8, 4) is 5.75 Å². The lowest BCUT2D eigenvalue weighted by atomic mass is 9.90. The normalized spacial score (nSPS) is 20.2. The minimum absolute atomic E-state index is 0.199. The van der Waals surface area contributed by atoms with Gasteiger partial charge in [0, 0.05) is 36.2 Å². The van der Waals surface area contributed by atoms with E-state index in [-0.39, 0.29) is 6.04 Å². The van der Waals surface area contributed by atoms with Crippen molar-refractivity contribution < 1.29 is 4.74 Å². The van der Waals surface area contributed by atoms with Crippen molar-refractivity contribution in [3.63, 3.8) is 0 Å². The number of fused-ring (bicyclic) bond motifs is 3. The van der Waals surface area contributed by atoms with Gasteiger partial charge in [0.25, 0.3) is 0 Å². The zero-order chi connectivity index (χ0) is 21.7. The van der Waals surface area contributed by atoms with Crippen molar-refractivity contribution >= 4 is 20.3 Å². The molecule has 2 unspecified atom stereocenters. The molecule has 3 heterocycles. The number of aryl methyl sites for hydroxylation is 2. The van der Waals surface area contributed by atoms with Crippen LogP contribution in [0.25, 0.3) is 10.9 Å². The van der Waals surface area contributed by atoms with Gasteiger partial charge in [-0.1, -0.05) is 21.5 Å². The molecule has 3 aromatic rings. The molecule has 2 aromatic carbocycles. The average Bonchev–Trinajstić information content (AvgIpc) is 3.18. The Morgan fingerprint density at radius 3 is 2.32 bits per heavy atom. The van der Waals surface area contributed by atoms with E-state index in [0.717, 1.165) is 44.6 Å². The minimum atomic E-state index is 0.199. The molecular weight excluding hydrogens is 401 g/mol. The molecule has 0 saturated carbocycles. The van der Waals surface area contributed by atoms with E-state index in [0.29, 0.717) is 6.10 Å². The van der Waals surface area contributed by atoms with E-state index in [1.54, 1.807) is 0 Å². The third kappa shape index (κ3) is 3.69. The third-order valence-electron chi connectivity index (χ3n) is 7.58. The summed E-state index contributed by atoms with van der Waals surface area (Å²) in [6.07, 6.45) is 3.58. The van der Waals surface area contributed by atoms with Gasteiger partial charge in [-0.15, -0.1) is 0 Å². The van der Waals surface area contributed by atoms with Crippen LogP contribution in [-0.2, 0) is 6.42 Å². The van der Waals surface area contributed by atoms with E-state index in [1.165, 1.54) is 50.0 Å². The fourth-order valence-electron chi connectivity index (χ4n) is 5.35. The molecule has 1 fully saturated rings. The number of piperidine rings is 1. The predicted octanol–water partition coefficient (Wildman–Crippen LogP) is 5.27. The summed E-state index contributed by atoms with van der Waals surface area (Å²) in [6.45, 7) is 12.2. The molecule has 164 valence electrons. The second kappa shape index (κ2) is 8.24. The standard InChI is InChI=1S/C26H34N3OP/c1-15-16(2)18(4)24-23(17(15)3)22-9-12-27-25(26(22)28-24)19-5-7-20(8-6-19)30-21-10-13-29(31)14-11-21/h5-8,21,25,27-28H,9-14,31H2,1-4H3. The van der Waals surface area contributed by atoms with Gasteiger partial charge >= 0.3 is 0 Å². The van der Waals surface area contributed by atoms with Gasteiger partial charge in [0.1, 0.15) is 11.9 Å². The lowest BCUT2D eigenvalue weighted by Gasteiger charge is -2.29. The SMILES string of the molecule is Cc1c(C)c(C)c2c3c([nH]c2c1C)C(c1ccc(OC2CCN(P)CC2)cc1)NCC3. The van der Waals surface area contributed by atoms with E-state index < -0.39 is 0 Å². The largest absolute Gasteiger partial charge is 0.490 e. The number of aromatic amines is 1. The predicted molar refractivity (Wildman–Crippen MR) is 132 cm³/mol. The maximum atomic E-state index is 6.26. The summed E-state index contributed by atoms with van der Waals surface area (Å²) in [5.74, 6) is 0.983. The van der Waals surface area contributed by atoms with Crippen molar-refractivity contribution in [2.45, 2.75) is 59.1 Å². The first-order valence-electron chi connectivity index (χ1n) is 11.5. The fraction of sp³-hybridized carbons (Fsp3) is 0.462. The first-order chi connectivity index (χ1) is 14.9. The number of nitrogens with zero attached hydrogens (tertiary/aromatic N) is 1. The molecule has 2 aliphatic heterocycles. The van der Waals surface area contributed by atoms with Crippen LogP contribution < -0.4 is 10.1 Å². The summed E-state index contributed by atoms with van der Waals surface area (Å²) in [6, 6.07) is 8.95. The number of rotatable bonds is 3. The number of nitrogens with one attached hydrogen (secondary N) is 2. The van der Waals surface area contributed by atoms with E-state index in [9.17, 15) is 0 Å². The number of hydrogen-bond acceptors (Lipinski definition) is 3. The van der Waals surface area contributed by atoms with Crippen LogP contribution in [0.2, 0.25) is 0 Å². The summed E-state index contributed by atoms with van der Waals surface area (Å²) >= 11 is 0. The Hall–Kier alpha value is -1.87. The zero-order valence-electron chi connectivity index (χ0n) is 19.1. The molecule has 5 heteroatoms. The van der Waals surface area contributed by atoms with Crippen LogP contribution in [0.4, 0.5) is 0 Å². The lowest BCUT2D eigenvalue weighted by Crippen LogP contribution is -2.32. The Labute approximate surface area is 188 Å². The maximum absolute atomic E-state index is 6.26. The van der Waals surface area contributed by atoms with E-state index in [1.807, 2.05) is 0 Å². The number of hydrogen-bond donors (Lipinski definition) is 2. The van der Waals surface area contributed by atoms with Crippen LogP contribution in [0.1, 0.15) is 58.0 Å². The summed E-state index contributed by atoms with van der Waals surface area (Å²) in [5, 5.41) is 5.19. The highest BCUT2D eigenvalue weighted by Crippen LogP contribution is 2.38. The minimum Gasteiger partial charge on any atom is -0.490 e. The molecule has 2 atom stereocenters. The van der Waals surface area contributed by atoms with E-state index >= 15 is 0 Å². The lowest BCUT2D eigenvalue weighted by molar-refractivity contribution is 0.138. The Bertz CT molecular complexity index is 1110. The molecule has 0 amide bonds. The smallest absolute Gasteiger partial charge is 0.119 e. The average molecular weight is 436 g/mol. The van der Waals surface area contributed by atoms with Gasteiger partial charge in [0.05, 0.1) is 6.04 Å². The second-order valence-corrected chi connectivity index (χ2v) is 10.1. The van der Waals surface area contributed by atoms with Crippen molar-refractivity contribution in [2.24, 2.45) is 0 Å². The van der Waals surface area contributed by atoms with Crippen LogP contribution in [0.15, 0.2) is 24.3 Å². The highest BCUT2D eigenvalue weighted by atomic mass is 31.0. The third-order valence-corrected chi connectivity index (χ3v) is 8.10. The molecule has 0 radical (unpaired) electrons. The van der Waals surface area contributed by atoms with Gasteiger partial charge in [0.2, 0.25) is 0 Å². The quantitative estimate of drug-likeness (QED) is 0.551. The topological polar surface area (TPSA) is 40.3 Å². The Morgan fingerprint density at radius 1 is 0.935 bits per heavy atom. The second-order valence-electron chi connectivity index (χ2n) is 9.33. The Morgan fingerprint density at radius 2 is 1.61 bits per heavy atom. The molecule has 1 saturated heterocycles. The van der Waals surface area contributed by atoms with Crippen molar-refractivity contribution in [1.29, 1.82) is 0 Å². The van der Waals surface area contributed by atoms with Crippen LogP contribution in [0.3, 0.4) is 0 Å². The van der Waals surface area contributed by atoms with Crippen LogP contribution in [0, 0.1) is 27.7 Å². The van der Waals surface area contributed by atoms with E-state index in [2.05, 4.69) is 76.3 Å². The summed E-state index contributed by atoms with van der Waals surface area (Å²) in [4.78, 5) is 3.83. The molecule has 4 nitrogen and oxygen atoms in total. The summed E-state index contributed by atoms with van der Waals surface area (Å²) in [7, 11) is 2.80. The number of ether oxygens (including phenoxy) is 1. The van der Waals surface area contributed by atoms with Crippen molar-refractivity contribution in [2.75, 3.05) is 19.6 Å². The highest BCUT2D eigenvalue weighted by Gasteiger charge is 2.27. The van der Waals surface area contributed by atoms with Crippen LogP contribution >= 0.6 is 9.39 Å². The first kappa shape index (κ1) is 21.0. The number of aromatic nitrogens is 1. The van der Waals surface area contributed by atoms with Crippen LogP contribution in [-0.4, -0.2) is 35.4 Å². The van der Waals surface area contributed by atoms with Crippen molar-refractivity contribution in [3.05, 3.63) is 63.3 Å². The molecule has 2 aliphatic rings. The maximum Gasteiger partial charge on any atom is 0.119 e. The fourth-order valence-corrected chi connectivity index (χ4v) is 5.65. The van der Waals surface area contributed by atoms with Gasteiger partial charge in [-0.05, 0) is 92.5 Å². The van der Waals surface area contributed by atoms with E-state index in [4.69, 9.17) is 4.74 Å². The van der Waals surface area contributed by atoms with Gasteiger partial charge in [-0.3, -0.25) is 4.67 Å². The van der Waals surface area contributed by atoms with Gasteiger partial charge < -0.3 is 15.0 Å². The van der Waals surface area contributed by atoms with Crippen molar-refractivity contribution in [1.82, 2.24) is 15.0 Å². The van der Waals surface area contributed by atoms with Gasteiger partial charge in [-0.2, -0.15) is 0 Å². The molecule has 0 bridgehead atoms. The Balaban J connectivity index is 1.45. The molecule has 5 rings (SSSR count). The zero-order valence-corrected chi connectivity index (χ0v) is 20.3. The number of benzene rings is 2. The van der Waals surface area contributed by atoms with Crippen LogP contribution in [0.5, 0.6) is 5.75 Å². The molecule has 0 aliphatic carbocycles. The molecular formula is C26H34N3OP. The molecule has 1 aromatic heterocycles. The monoisotopic (exact) mass is 435 g/mol. The molecule has 31 heavy (non-hydrogen) atoms. The summed E-state index contributed by atoms with van der Waals surface area (Å²) in [5.41, 5.74) is 11.1. The summed E-state index contributed by atoms with van der Waals surface area (Å²) < 4.78 is 8.55. The molecule has 2 N–H and O–H groups in total. The highest BCUT2D eigenvalue weighted by molar-refractivity contribution is 7.13. The van der Waals surface area contributed by atoms with Gasteiger partial charge in [0.15, 0.2) is 0 Å². The van der Waals surface area contributed by atoms with Gasteiger partial charge in [-0.25, -0.2) is 0 Å².